The summed E-state index contributed by atoms with van der Waals surface area (Å²) in [5, 5.41) is 10.5. The highest BCUT2D eigenvalue weighted by Gasteiger charge is 2.24. The van der Waals surface area contributed by atoms with Gasteiger partial charge in [-0.1, -0.05) is 0 Å². The Hall–Kier alpha value is -1.97. The zero-order valence-corrected chi connectivity index (χ0v) is 12.8. The Kier molecular flexibility index (Phi) is 4.79. The lowest BCUT2D eigenvalue weighted by molar-refractivity contribution is 0.0690. The number of piperazine rings is 1. The molecule has 0 saturated carbocycles. The van der Waals surface area contributed by atoms with E-state index in [9.17, 15) is 18.0 Å². The van der Waals surface area contributed by atoms with Crippen LogP contribution in [0.2, 0.25) is 0 Å². The molecule has 2 rings (SSSR count). The summed E-state index contributed by atoms with van der Waals surface area (Å²) in [6.07, 6.45) is 1.16. The van der Waals surface area contributed by atoms with Crippen molar-refractivity contribution in [1.29, 1.82) is 0 Å². The molecule has 1 fully saturated rings. The summed E-state index contributed by atoms with van der Waals surface area (Å²) in [6.45, 7) is 1.42. The Morgan fingerprint density at radius 2 is 1.55 bits per heavy atom. The molecule has 2 N–H and O–H groups in total. The van der Waals surface area contributed by atoms with Gasteiger partial charge < -0.3 is 5.11 Å². The number of hydrogen-bond acceptors (Lipinski definition) is 5. The molecule has 120 valence electrons. The van der Waals surface area contributed by atoms with Gasteiger partial charge >= 0.3 is 5.97 Å². The summed E-state index contributed by atoms with van der Waals surface area (Å²) in [6, 6.07) is 5.59. The maximum Gasteiger partial charge on any atom is 0.335 e. The van der Waals surface area contributed by atoms with Crippen molar-refractivity contribution >= 4 is 21.9 Å². The van der Waals surface area contributed by atoms with Gasteiger partial charge in [0.1, 0.15) is 0 Å². The average Bonchev–Trinajstić information content (AvgIpc) is 2.47. The minimum absolute atomic E-state index is 0.110. The Labute approximate surface area is 128 Å². The van der Waals surface area contributed by atoms with Gasteiger partial charge in [-0.3, -0.25) is 10.2 Å². The molecule has 0 radical (unpaired) electrons. The number of hydrogen-bond donors (Lipinski definition) is 2. The highest BCUT2D eigenvalue weighted by Crippen LogP contribution is 2.07. The van der Waals surface area contributed by atoms with Crippen LogP contribution in [0.4, 0.5) is 0 Å². The predicted octanol–water partition coefficient (Wildman–Crippen LogP) is -0.393. The second kappa shape index (κ2) is 6.42. The fourth-order valence-corrected chi connectivity index (χ4v) is 2.93. The quantitative estimate of drug-likeness (QED) is 0.780. The van der Waals surface area contributed by atoms with Gasteiger partial charge in [-0.2, -0.15) is 4.31 Å². The largest absolute Gasteiger partial charge is 0.478 e. The molecule has 1 aromatic carbocycles. The molecular weight excluding hydrogens is 310 g/mol. The molecule has 1 heterocycles. The van der Waals surface area contributed by atoms with Crippen LogP contribution in [0.15, 0.2) is 24.3 Å². The van der Waals surface area contributed by atoms with Crippen LogP contribution < -0.4 is 5.43 Å². The molecule has 9 heteroatoms. The monoisotopic (exact) mass is 327 g/mol. The zero-order valence-electron chi connectivity index (χ0n) is 12.0. The summed E-state index contributed by atoms with van der Waals surface area (Å²) in [4.78, 5) is 22.8. The number of nitrogens with zero attached hydrogens (tertiary/aromatic N) is 2. The lowest BCUT2D eigenvalue weighted by Crippen LogP contribution is -2.54. The smallest absolute Gasteiger partial charge is 0.335 e. The summed E-state index contributed by atoms with van der Waals surface area (Å²) in [5.74, 6) is -1.41. The molecule has 0 aliphatic carbocycles. The van der Waals surface area contributed by atoms with E-state index in [0.29, 0.717) is 31.7 Å². The third kappa shape index (κ3) is 4.03. The summed E-state index contributed by atoms with van der Waals surface area (Å²) < 4.78 is 24.1. The third-order valence-electron chi connectivity index (χ3n) is 3.36. The molecule has 1 aliphatic heterocycles. The molecule has 1 aliphatic rings. The lowest BCUT2D eigenvalue weighted by atomic mass is 10.1. The van der Waals surface area contributed by atoms with Crippen LogP contribution in [0.1, 0.15) is 20.7 Å². The SMILES string of the molecule is CS(=O)(=O)N1CCN(NC(=O)c2ccc(C(=O)O)cc2)CC1. The molecule has 8 nitrogen and oxygen atoms in total. The summed E-state index contributed by atoms with van der Waals surface area (Å²) in [5.41, 5.74) is 3.13. The van der Waals surface area contributed by atoms with Crippen LogP contribution in [-0.4, -0.2) is 67.1 Å². The van der Waals surface area contributed by atoms with Crippen LogP contribution in [0.3, 0.4) is 0 Å². The first kappa shape index (κ1) is 16.4. The lowest BCUT2D eigenvalue weighted by Gasteiger charge is -2.33. The minimum Gasteiger partial charge on any atom is -0.478 e. The maximum atomic E-state index is 12.0. The van der Waals surface area contributed by atoms with Crippen LogP contribution in [0, 0.1) is 0 Å². The van der Waals surface area contributed by atoms with Crippen LogP contribution in [0.25, 0.3) is 0 Å². The van der Waals surface area contributed by atoms with Crippen LogP contribution >= 0.6 is 0 Å². The van der Waals surface area contributed by atoms with Gasteiger partial charge in [-0.05, 0) is 24.3 Å². The van der Waals surface area contributed by atoms with Crippen molar-refractivity contribution in [2.75, 3.05) is 32.4 Å². The minimum atomic E-state index is -3.20. The topological polar surface area (TPSA) is 107 Å². The van der Waals surface area contributed by atoms with Crippen molar-refractivity contribution in [2.24, 2.45) is 0 Å². The van der Waals surface area contributed by atoms with E-state index in [1.807, 2.05) is 0 Å². The Morgan fingerprint density at radius 1 is 1.05 bits per heavy atom. The second-order valence-corrected chi connectivity index (χ2v) is 6.95. The van der Waals surface area contributed by atoms with E-state index in [1.165, 1.54) is 28.6 Å². The molecule has 0 bridgehead atoms. The number of carboxylic acid groups (broad SMARTS) is 1. The van der Waals surface area contributed by atoms with Crippen LogP contribution in [0.5, 0.6) is 0 Å². The Balaban J connectivity index is 1.92. The second-order valence-electron chi connectivity index (χ2n) is 4.97. The number of nitrogens with one attached hydrogen (secondary N) is 1. The van der Waals surface area contributed by atoms with Gasteiger partial charge in [0.25, 0.3) is 5.91 Å². The fraction of sp³-hybridized carbons (Fsp3) is 0.385. The van der Waals surface area contributed by atoms with Gasteiger partial charge in [-0.15, -0.1) is 0 Å². The molecule has 0 spiro atoms. The van der Waals surface area contributed by atoms with Crippen LogP contribution in [-0.2, 0) is 10.0 Å². The van der Waals surface area contributed by atoms with Crippen molar-refractivity contribution in [1.82, 2.24) is 14.7 Å². The number of carboxylic acids is 1. The average molecular weight is 327 g/mol. The first-order valence-electron chi connectivity index (χ1n) is 6.62. The van der Waals surface area contributed by atoms with Crippen molar-refractivity contribution in [2.45, 2.75) is 0 Å². The van der Waals surface area contributed by atoms with Gasteiger partial charge in [0.2, 0.25) is 10.0 Å². The Bertz CT molecular complexity index is 663. The van der Waals surface area contributed by atoms with Gasteiger partial charge in [-0.25, -0.2) is 18.2 Å². The number of benzene rings is 1. The third-order valence-corrected chi connectivity index (χ3v) is 4.66. The standard InChI is InChI=1S/C13H17N3O5S/c1-22(20,21)16-8-6-15(7-9-16)14-12(17)10-2-4-11(5-3-10)13(18)19/h2-5H,6-9H2,1H3,(H,14,17)(H,18,19). The highest BCUT2D eigenvalue weighted by atomic mass is 32.2. The normalized spacial score (nSPS) is 17.1. The van der Waals surface area contributed by atoms with Gasteiger partial charge in [0.05, 0.1) is 11.8 Å². The first-order valence-corrected chi connectivity index (χ1v) is 8.46. The molecule has 0 aromatic heterocycles. The van der Waals surface area contributed by atoms with Crippen molar-refractivity contribution in [3.8, 4) is 0 Å². The number of carbonyl (C=O) groups excluding carboxylic acids is 1. The fourth-order valence-electron chi connectivity index (χ4n) is 2.10. The summed E-state index contributed by atoms with van der Waals surface area (Å²) in [7, 11) is -3.20. The molecule has 0 unspecified atom stereocenters. The van der Waals surface area contributed by atoms with Crippen molar-refractivity contribution in [3.05, 3.63) is 35.4 Å². The number of hydrazine groups is 1. The van der Waals surface area contributed by atoms with Crippen molar-refractivity contribution in [3.63, 3.8) is 0 Å². The summed E-state index contributed by atoms with van der Waals surface area (Å²) >= 11 is 0. The molecular formula is C13H17N3O5S. The van der Waals surface area contributed by atoms with E-state index in [-0.39, 0.29) is 11.5 Å². The molecule has 1 amide bonds. The Morgan fingerprint density at radius 3 is 2.00 bits per heavy atom. The first-order chi connectivity index (χ1) is 10.3. The van der Waals surface area contributed by atoms with E-state index in [0.717, 1.165) is 6.26 Å². The zero-order chi connectivity index (χ0) is 16.3. The van der Waals surface area contributed by atoms with E-state index in [1.54, 1.807) is 5.01 Å². The van der Waals surface area contributed by atoms with E-state index >= 15 is 0 Å². The molecule has 1 aromatic rings. The maximum absolute atomic E-state index is 12.0. The van der Waals surface area contributed by atoms with Gasteiger partial charge in [0.15, 0.2) is 0 Å². The molecule has 22 heavy (non-hydrogen) atoms. The van der Waals surface area contributed by atoms with E-state index in [4.69, 9.17) is 5.11 Å². The highest BCUT2D eigenvalue weighted by molar-refractivity contribution is 7.88. The van der Waals surface area contributed by atoms with E-state index in [2.05, 4.69) is 5.43 Å². The molecule has 0 atom stereocenters. The number of sulfonamides is 1. The predicted molar refractivity (Wildman–Crippen MR) is 78.9 cm³/mol. The number of aromatic carboxylic acids is 1. The number of amides is 1. The number of rotatable bonds is 4. The van der Waals surface area contributed by atoms with Gasteiger partial charge in [0, 0.05) is 31.7 Å². The molecule has 1 saturated heterocycles. The van der Waals surface area contributed by atoms with E-state index < -0.39 is 16.0 Å². The van der Waals surface area contributed by atoms with Crippen molar-refractivity contribution < 1.29 is 23.1 Å². The number of carbonyl (C=O) groups is 2.